The molecule has 0 spiro atoms. The highest BCUT2D eigenvalue weighted by atomic mass is 32.1. The van der Waals surface area contributed by atoms with E-state index in [0.29, 0.717) is 37.7 Å². The lowest BCUT2D eigenvalue weighted by molar-refractivity contribution is -0.140. The molecular weight excluding hydrogens is 548 g/mol. The van der Waals surface area contributed by atoms with Gasteiger partial charge >= 0.3 is 11.9 Å². The first-order chi connectivity index (χ1) is 19.6. The summed E-state index contributed by atoms with van der Waals surface area (Å²) in [6, 6.07) is 9.33. The highest BCUT2D eigenvalue weighted by Crippen LogP contribution is 2.36. The quantitative estimate of drug-likeness (QED) is 0.280. The zero-order valence-electron chi connectivity index (χ0n) is 24.0. The number of ether oxygens (including phenoxy) is 5. The molecule has 2 aromatic carbocycles. The molecule has 1 aliphatic heterocycles. The summed E-state index contributed by atoms with van der Waals surface area (Å²) in [5.41, 5.74) is 1.55. The lowest BCUT2D eigenvalue weighted by Gasteiger charge is -2.25. The highest BCUT2D eigenvalue weighted by molar-refractivity contribution is 7.07. The van der Waals surface area contributed by atoms with Crippen molar-refractivity contribution < 1.29 is 33.3 Å². The zero-order chi connectivity index (χ0) is 29.8. The van der Waals surface area contributed by atoms with Crippen LogP contribution in [-0.2, 0) is 14.3 Å². The molecule has 3 aromatic rings. The average Bonchev–Trinajstić information content (AvgIpc) is 3.24. The van der Waals surface area contributed by atoms with Crippen LogP contribution in [0, 0.1) is 5.92 Å². The minimum Gasteiger partial charge on any atom is -0.497 e. The maximum Gasteiger partial charge on any atom is 0.338 e. The fraction of sp³-hybridized carbons (Fsp3) is 0.333. The number of rotatable bonds is 9. The molecule has 2 heterocycles. The Morgan fingerprint density at radius 2 is 1.76 bits per heavy atom. The number of carbonyl (C=O) groups is 2. The van der Waals surface area contributed by atoms with Crippen LogP contribution >= 0.6 is 11.3 Å². The Balaban J connectivity index is 1.94. The number of hydrogen-bond acceptors (Lipinski definition) is 10. The van der Waals surface area contributed by atoms with E-state index in [-0.39, 0.29) is 35.2 Å². The molecule has 10 nitrogen and oxygen atoms in total. The molecule has 216 valence electrons. The third kappa shape index (κ3) is 6.19. The summed E-state index contributed by atoms with van der Waals surface area (Å²) < 4.78 is 29.0. The number of methoxy groups -OCH3 is 3. The maximum atomic E-state index is 14.0. The molecule has 1 aromatic heterocycles. The highest BCUT2D eigenvalue weighted by Gasteiger charge is 2.34. The Kier molecular flexibility index (Phi) is 8.97. The third-order valence-electron chi connectivity index (χ3n) is 6.27. The Bertz CT molecular complexity index is 1700. The topological polar surface area (TPSA) is 115 Å². The molecule has 1 unspecified atom stereocenters. The fourth-order valence-electron chi connectivity index (χ4n) is 4.39. The van der Waals surface area contributed by atoms with Crippen molar-refractivity contribution in [3.63, 3.8) is 0 Å². The molecular formula is C30H32N2O8S. The van der Waals surface area contributed by atoms with Crippen molar-refractivity contribution in [2.45, 2.75) is 33.7 Å². The number of nitrogens with zero attached hydrogens (tertiary/aromatic N) is 2. The molecule has 1 atom stereocenters. The van der Waals surface area contributed by atoms with Crippen LogP contribution in [0.15, 0.2) is 57.5 Å². The second-order valence-corrected chi connectivity index (χ2v) is 10.7. The molecule has 11 heteroatoms. The van der Waals surface area contributed by atoms with E-state index in [1.807, 2.05) is 13.8 Å². The van der Waals surface area contributed by atoms with Crippen LogP contribution in [0.3, 0.4) is 0 Å². The normalized spacial score (nSPS) is 14.8. The first-order valence-electron chi connectivity index (χ1n) is 12.9. The van der Waals surface area contributed by atoms with E-state index in [2.05, 4.69) is 4.99 Å². The van der Waals surface area contributed by atoms with Crippen molar-refractivity contribution in [3.05, 3.63) is 78.5 Å². The Morgan fingerprint density at radius 3 is 2.39 bits per heavy atom. The first kappa shape index (κ1) is 29.6. The van der Waals surface area contributed by atoms with Gasteiger partial charge < -0.3 is 23.7 Å². The smallest absolute Gasteiger partial charge is 0.338 e. The van der Waals surface area contributed by atoms with Crippen molar-refractivity contribution in [1.29, 1.82) is 0 Å². The maximum absolute atomic E-state index is 14.0. The van der Waals surface area contributed by atoms with Gasteiger partial charge in [-0.3, -0.25) is 14.2 Å². The van der Waals surface area contributed by atoms with Gasteiger partial charge in [0.1, 0.15) is 11.5 Å². The van der Waals surface area contributed by atoms with E-state index in [1.165, 1.54) is 29.9 Å². The van der Waals surface area contributed by atoms with Crippen LogP contribution in [0.5, 0.6) is 23.0 Å². The van der Waals surface area contributed by atoms with Gasteiger partial charge in [-0.2, -0.15) is 0 Å². The predicted octanol–water partition coefficient (Wildman–Crippen LogP) is 3.39. The van der Waals surface area contributed by atoms with Crippen LogP contribution in [-0.4, -0.2) is 44.4 Å². The van der Waals surface area contributed by atoms with Gasteiger partial charge in [0.25, 0.3) is 5.56 Å². The summed E-state index contributed by atoms with van der Waals surface area (Å²) in [4.78, 5) is 44.1. The Hall–Kier alpha value is -4.38. The monoisotopic (exact) mass is 580 g/mol. The second kappa shape index (κ2) is 12.4. The van der Waals surface area contributed by atoms with Crippen molar-refractivity contribution in [2.75, 3.05) is 27.9 Å². The molecule has 0 saturated carbocycles. The molecule has 0 saturated heterocycles. The summed E-state index contributed by atoms with van der Waals surface area (Å²) in [6.07, 6.45) is 1.72. The number of carbonyl (C=O) groups excluding carboxylic acids is 2. The van der Waals surface area contributed by atoms with E-state index < -0.39 is 18.0 Å². The molecule has 0 N–H and O–H groups in total. The molecule has 0 aliphatic carbocycles. The van der Waals surface area contributed by atoms with Gasteiger partial charge in [-0.15, -0.1) is 0 Å². The molecule has 0 bridgehead atoms. The SMILES string of the molecule is COc1ccc(/C=c2/sc3n(c2=O)C(c2ccc(OC(C)=O)c(OC)c2)C(C(=O)OCC(C)C)=C(C)N=3)c(OC)c1. The number of thiazole rings is 1. The summed E-state index contributed by atoms with van der Waals surface area (Å²) in [6.45, 7) is 7.09. The fourth-order valence-corrected chi connectivity index (χ4v) is 5.43. The van der Waals surface area contributed by atoms with Gasteiger partial charge in [0.05, 0.1) is 49.8 Å². The predicted molar refractivity (Wildman–Crippen MR) is 153 cm³/mol. The molecule has 41 heavy (non-hydrogen) atoms. The van der Waals surface area contributed by atoms with Crippen LogP contribution in [0.4, 0.5) is 0 Å². The van der Waals surface area contributed by atoms with Gasteiger partial charge in [0.15, 0.2) is 16.3 Å². The lowest BCUT2D eigenvalue weighted by atomic mass is 9.95. The number of esters is 2. The first-order valence-corrected chi connectivity index (χ1v) is 13.7. The minimum absolute atomic E-state index is 0.113. The van der Waals surface area contributed by atoms with Crippen LogP contribution in [0.25, 0.3) is 6.08 Å². The Labute approximate surface area is 241 Å². The minimum atomic E-state index is -0.869. The summed E-state index contributed by atoms with van der Waals surface area (Å²) in [7, 11) is 4.55. The molecule has 1 aliphatic rings. The number of aromatic nitrogens is 1. The van der Waals surface area contributed by atoms with E-state index in [0.717, 1.165) is 0 Å². The summed E-state index contributed by atoms with van der Waals surface area (Å²) in [5, 5.41) is 0. The van der Waals surface area contributed by atoms with Gasteiger partial charge in [-0.05, 0) is 48.7 Å². The van der Waals surface area contributed by atoms with Crippen LogP contribution < -0.4 is 33.8 Å². The average molecular weight is 581 g/mol. The van der Waals surface area contributed by atoms with E-state index >= 15 is 0 Å². The number of hydrogen-bond donors (Lipinski definition) is 0. The molecule has 0 fully saturated rings. The number of allylic oxidation sites excluding steroid dienone is 1. The zero-order valence-corrected chi connectivity index (χ0v) is 24.8. The van der Waals surface area contributed by atoms with Gasteiger partial charge in [-0.1, -0.05) is 31.3 Å². The lowest BCUT2D eigenvalue weighted by Crippen LogP contribution is -2.40. The number of benzene rings is 2. The summed E-state index contributed by atoms with van der Waals surface area (Å²) >= 11 is 1.20. The van der Waals surface area contributed by atoms with Crippen LogP contribution in [0.2, 0.25) is 0 Å². The second-order valence-electron chi connectivity index (χ2n) is 9.69. The molecule has 0 amide bonds. The van der Waals surface area contributed by atoms with E-state index in [1.54, 1.807) is 63.6 Å². The van der Waals surface area contributed by atoms with Crippen molar-refractivity contribution in [2.24, 2.45) is 10.9 Å². The summed E-state index contributed by atoms with van der Waals surface area (Å²) in [5.74, 6) is 0.672. The van der Waals surface area contributed by atoms with Crippen molar-refractivity contribution >= 4 is 29.4 Å². The van der Waals surface area contributed by atoms with E-state index in [4.69, 9.17) is 23.7 Å². The van der Waals surface area contributed by atoms with Gasteiger partial charge in [0, 0.05) is 18.6 Å². The van der Waals surface area contributed by atoms with Gasteiger partial charge in [-0.25, -0.2) is 9.79 Å². The van der Waals surface area contributed by atoms with Crippen LogP contribution in [0.1, 0.15) is 44.9 Å². The largest absolute Gasteiger partial charge is 0.497 e. The Morgan fingerprint density at radius 1 is 1.02 bits per heavy atom. The van der Waals surface area contributed by atoms with E-state index in [9.17, 15) is 14.4 Å². The third-order valence-corrected chi connectivity index (χ3v) is 7.26. The molecule has 0 radical (unpaired) electrons. The van der Waals surface area contributed by atoms with Crippen molar-refractivity contribution in [3.8, 4) is 23.0 Å². The van der Waals surface area contributed by atoms with Crippen molar-refractivity contribution in [1.82, 2.24) is 4.57 Å². The number of fused-ring (bicyclic) bond motifs is 1. The standard InChI is InChI=1S/C30H32N2O8S/c1-16(2)15-39-29(35)26-17(3)31-30-32(27(26)20-9-11-22(40-18(4)33)24(12-20)38-7)28(34)25(41-30)13-19-8-10-21(36-5)14-23(19)37-6/h8-14,16,27H,15H2,1-7H3/b25-13+. The molecule has 4 rings (SSSR count). The van der Waals surface area contributed by atoms with Gasteiger partial charge in [0.2, 0.25) is 0 Å².